The number of hydrogen-bond donors (Lipinski definition) is 1. The van der Waals surface area contributed by atoms with Crippen molar-refractivity contribution >= 4 is 9.84 Å². The smallest absolute Gasteiger partial charge is 0.150 e. The van der Waals surface area contributed by atoms with Crippen LogP contribution < -0.4 is 5.32 Å². The summed E-state index contributed by atoms with van der Waals surface area (Å²) in [5, 5.41) is 3.45. The molecule has 0 aromatic rings. The summed E-state index contributed by atoms with van der Waals surface area (Å²) in [5.41, 5.74) is 0.443. The zero-order chi connectivity index (χ0) is 12.1. The molecule has 3 nitrogen and oxygen atoms in total. The molecule has 0 amide bonds. The third-order valence-corrected chi connectivity index (χ3v) is 5.28. The van der Waals surface area contributed by atoms with Gasteiger partial charge in [-0.15, -0.1) is 0 Å². The van der Waals surface area contributed by atoms with Gasteiger partial charge in [-0.1, -0.05) is 13.8 Å². The Bertz CT molecular complexity index is 294. The largest absolute Gasteiger partial charge is 0.316 e. The van der Waals surface area contributed by atoms with Gasteiger partial charge in [-0.25, -0.2) is 8.42 Å². The lowest BCUT2D eigenvalue weighted by Gasteiger charge is -2.15. The van der Waals surface area contributed by atoms with Crippen LogP contribution in [0.15, 0.2) is 0 Å². The molecule has 1 aliphatic carbocycles. The third kappa shape index (κ3) is 4.83. The average molecular weight is 247 g/mol. The van der Waals surface area contributed by atoms with Crippen LogP contribution in [0.2, 0.25) is 0 Å². The summed E-state index contributed by atoms with van der Waals surface area (Å²) in [6.07, 6.45) is 5.62. The highest BCUT2D eigenvalue weighted by Crippen LogP contribution is 2.49. The topological polar surface area (TPSA) is 46.2 Å². The van der Waals surface area contributed by atoms with Gasteiger partial charge in [-0.3, -0.25) is 0 Å². The minimum absolute atomic E-state index is 0.286. The zero-order valence-corrected chi connectivity index (χ0v) is 11.4. The van der Waals surface area contributed by atoms with Gasteiger partial charge in [-0.05, 0) is 44.1 Å². The van der Waals surface area contributed by atoms with Crippen molar-refractivity contribution < 1.29 is 8.42 Å². The number of hydrogen-bond acceptors (Lipinski definition) is 3. The van der Waals surface area contributed by atoms with Gasteiger partial charge < -0.3 is 5.32 Å². The molecule has 0 atom stereocenters. The summed E-state index contributed by atoms with van der Waals surface area (Å²) in [6.45, 7) is 6.05. The second kappa shape index (κ2) is 6.01. The van der Waals surface area contributed by atoms with Crippen LogP contribution in [0, 0.1) is 5.41 Å². The quantitative estimate of drug-likeness (QED) is 0.634. The van der Waals surface area contributed by atoms with Crippen LogP contribution in [-0.2, 0) is 9.84 Å². The van der Waals surface area contributed by atoms with Crippen molar-refractivity contribution in [2.45, 2.75) is 46.0 Å². The van der Waals surface area contributed by atoms with Gasteiger partial charge in [0.1, 0.15) is 9.84 Å². The standard InChI is InChI=1S/C12H25NO2S/c1-3-9-13-11-12(7-8-12)6-5-10-16(14,15)4-2/h13H,3-11H2,1-2H3. The van der Waals surface area contributed by atoms with Crippen molar-refractivity contribution in [3.05, 3.63) is 0 Å². The van der Waals surface area contributed by atoms with Gasteiger partial charge in [-0.2, -0.15) is 0 Å². The van der Waals surface area contributed by atoms with Gasteiger partial charge >= 0.3 is 0 Å². The molecule has 16 heavy (non-hydrogen) atoms. The summed E-state index contributed by atoms with van der Waals surface area (Å²) in [4.78, 5) is 0. The number of rotatable bonds is 9. The second-order valence-electron chi connectivity index (χ2n) is 5.02. The molecule has 1 saturated carbocycles. The minimum Gasteiger partial charge on any atom is -0.316 e. The first kappa shape index (κ1) is 14.0. The SMILES string of the molecule is CCCNCC1(CCCS(=O)(=O)CC)CC1. The molecule has 0 bridgehead atoms. The lowest BCUT2D eigenvalue weighted by molar-refractivity contribution is 0.421. The van der Waals surface area contributed by atoms with Crippen LogP contribution in [0.5, 0.6) is 0 Å². The van der Waals surface area contributed by atoms with E-state index in [1.54, 1.807) is 6.92 Å². The Labute approximate surface area is 99.9 Å². The molecule has 96 valence electrons. The predicted octanol–water partition coefficient (Wildman–Crippen LogP) is 1.98. The van der Waals surface area contributed by atoms with Gasteiger partial charge in [0, 0.05) is 12.3 Å². The highest BCUT2D eigenvalue weighted by Gasteiger charge is 2.41. The summed E-state index contributed by atoms with van der Waals surface area (Å²) in [6, 6.07) is 0. The van der Waals surface area contributed by atoms with Gasteiger partial charge in [0.25, 0.3) is 0 Å². The Balaban J connectivity index is 2.17. The Morgan fingerprint density at radius 2 is 1.94 bits per heavy atom. The van der Waals surface area contributed by atoms with Crippen molar-refractivity contribution in [3.63, 3.8) is 0 Å². The molecule has 4 heteroatoms. The normalized spacial score (nSPS) is 18.6. The average Bonchev–Trinajstić information content (AvgIpc) is 2.99. The van der Waals surface area contributed by atoms with Crippen molar-refractivity contribution in [2.75, 3.05) is 24.6 Å². The van der Waals surface area contributed by atoms with Crippen LogP contribution in [0.4, 0.5) is 0 Å². The fraction of sp³-hybridized carbons (Fsp3) is 1.00. The summed E-state index contributed by atoms with van der Waals surface area (Å²) >= 11 is 0. The van der Waals surface area contributed by atoms with Crippen LogP contribution in [-0.4, -0.2) is 33.0 Å². The molecular weight excluding hydrogens is 222 g/mol. The Morgan fingerprint density at radius 3 is 2.44 bits per heavy atom. The predicted molar refractivity (Wildman–Crippen MR) is 68.4 cm³/mol. The van der Waals surface area contributed by atoms with E-state index >= 15 is 0 Å². The molecular formula is C12H25NO2S. The molecule has 0 radical (unpaired) electrons. The molecule has 1 fully saturated rings. The first-order valence-electron chi connectivity index (χ1n) is 6.45. The minimum atomic E-state index is -2.76. The summed E-state index contributed by atoms with van der Waals surface area (Å²) < 4.78 is 22.7. The second-order valence-corrected chi connectivity index (χ2v) is 7.49. The molecule has 0 aliphatic heterocycles. The maximum absolute atomic E-state index is 11.4. The van der Waals surface area contributed by atoms with E-state index in [0.29, 0.717) is 11.2 Å². The maximum atomic E-state index is 11.4. The molecule has 1 rings (SSSR count). The highest BCUT2D eigenvalue weighted by molar-refractivity contribution is 7.91. The van der Waals surface area contributed by atoms with Crippen LogP contribution in [0.1, 0.15) is 46.0 Å². The van der Waals surface area contributed by atoms with E-state index in [2.05, 4.69) is 12.2 Å². The van der Waals surface area contributed by atoms with Crippen molar-refractivity contribution in [3.8, 4) is 0 Å². The lowest BCUT2D eigenvalue weighted by atomic mass is 10.0. The monoisotopic (exact) mass is 247 g/mol. The van der Waals surface area contributed by atoms with E-state index in [1.807, 2.05) is 0 Å². The van der Waals surface area contributed by atoms with E-state index in [4.69, 9.17) is 0 Å². The summed E-state index contributed by atoms with van der Waals surface area (Å²) in [5.74, 6) is 0.660. The Hall–Kier alpha value is -0.0900. The first-order valence-corrected chi connectivity index (χ1v) is 8.27. The van der Waals surface area contributed by atoms with E-state index in [-0.39, 0.29) is 5.75 Å². The molecule has 1 N–H and O–H groups in total. The van der Waals surface area contributed by atoms with Gasteiger partial charge in [0.05, 0.1) is 5.75 Å². The number of nitrogens with one attached hydrogen (secondary N) is 1. The van der Waals surface area contributed by atoms with E-state index in [0.717, 1.165) is 25.9 Å². The van der Waals surface area contributed by atoms with Crippen LogP contribution in [0.25, 0.3) is 0 Å². The molecule has 0 aromatic carbocycles. The summed E-state index contributed by atoms with van der Waals surface area (Å²) in [7, 11) is -2.76. The van der Waals surface area contributed by atoms with E-state index in [9.17, 15) is 8.42 Å². The molecule has 0 saturated heterocycles. The zero-order valence-electron chi connectivity index (χ0n) is 10.6. The Kier molecular flexibility index (Phi) is 5.25. The lowest BCUT2D eigenvalue weighted by Crippen LogP contribution is -2.25. The molecule has 0 unspecified atom stereocenters. The molecule has 0 heterocycles. The third-order valence-electron chi connectivity index (χ3n) is 3.49. The fourth-order valence-electron chi connectivity index (χ4n) is 2.03. The van der Waals surface area contributed by atoms with Crippen LogP contribution >= 0.6 is 0 Å². The molecule has 1 aliphatic rings. The fourth-order valence-corrected chi connectivity index (χ4v) is 2.91. The van der Waals surface area contributed by atoms with E-state index < -0.39 is 9.84 Å². The van der Waals surface area contributed by atoms with Crippen molar-refractivity contribution in [2.24, 2.45) is 5.41 Å². The van der Waals surface area contributed by atoms with E-state index in [1.165, 1.54) is 19.3 Å². The van der Waals surface area contributed by atoms with Crippen LogP contribution in [0.3, 0.4) is 0 Å². The number of sulfone groups is 1. The molecule has 0 spiro atoms. The highest BCUT2D eigenvalue weighted by atomic mass is 32.2. The molecule has 0 aromatic heterocycles. The Morgan fingerprint density at radius 1 is 1.25 bits per heavy atom. The maximum Gasteiger partial charge on any atom is 0.150 e. The first-order chi connectivity index (χ1) is 7.54. The van der Waals surface area contributed by atoms with Crippen molar-refractivity contribution in [1.82, 2.24) is 5.32 Å². The van der Waals surface area contributed by atoms with Crippen molar-refractivity contribution in [1.29, 1.82) is 0 Å². The van der Waals surface area contributed by atoms with Gasteiger partial charge in [0.2, 0.25) is 0 Å². The van der Waals surface area contributed by atoms with Gasteiger partial charge in [0.15, 0.2) is 0 Å².